The van der Waals surface area contributed by atoms with Crippen LogP contribution in [-0.4, -0.2) is 29.9 Å². The van der Waals surface area contributed by atoms with Gasteiger partial charge in [0.15, 0.2) is 0 Å². The summed E-state index contributed by atoms with van der Waals surface area (Å²) in [6.45, 7) is 5.36. The molecule has 0 aromatic carbocycles. The molecular formula is C16H23NO4. The number of carbonyl (C=O) groups is 2. The Morgan fingerprint density at radius 3 is 2.81 bits per heavy atom. The highest BCUT2D eigenvalue weighted by atomic mass is 16.4. The molecule has 1 aliphatic rings. The molecule has 5 nitrogen and oxygen atoms in total. The van der Waals surface area contributed by atoms with E-state index in [1.54, 1.807) is 6.26 Å². The van der Waals surface area contributed by atoms with Crippen molar-refractivity contribution in [1.82, 2.24) is 5.32 Å². The van der Waals surface area contributed by atoms with Gasteiger partial charge in [-0.2, -0.15) is 0 Å². The van der Waals surface area contributed by atoms with Gasteiger partial charge in [-0.15, -0.1) is 0 Å². The topological polar surface area (TPSA) is 79.5 Å². The van der Waals surface area contributed by atoms with Gasteiger partial charge in [0.2, 0.25) is 0 Å². The first-order valence-corrected chi connectivity index (χ1v) is 7.50. The van der Waals surface area contributed by atoms with Gasteiger partial charge in [0.25, 0.3) is 0 Å². The number of carboxylic acids is 1. The molecule has 2 rings (SSSR count). The molecule has 2 N–H and O–H groups in total. The number of hydrogen-bond donors (Lipinski definition) is 2. The van der Waals surface area contributed by atoms with E-state index in [9.17, 15) is 14.7 Å². The second kappa shape index (κ2) is 6.89. The van der Waals surface area contributed by atoms with E-state index in [4.69, 9.17) is 4.42 Å². The van der Waals surface area contributed by atoms with Crippen LogP contribution >= 0.6 is 0 Å². The fraction of sp³-hybridized carbons (Fsp3) is 0.625. The van der Waals surface area contributed by atoms with E-state index in [-0.39, 0.29) is 24.0 Å². The van der Waals surface area contributed by atoms with Gasteiger partial charge in [0.1, 0.15) is 11.5 Å². The Kier molecular flexibility index (Phi) is 5.17. The molecule has 21 heavy (non-hydrogen) atoms. The van der Waals surface area contributed by atoms with Crippen LogP contribution in [0, 0.1) is 17.8 Å². The second-order valence-corrected chi connectivity index (χ2v) is 6.12. The number of nitrogens with one attached hydrogen (secondary N) is 1. The van der Waals surface area contributed by atoms with Crippen LogP contribution in [0.2, 0.25) is 0 Å². The molecule has 0 amide bonds. The molecule has 0 radical (unpaired) electrons. The summed E-state index contributed by atoms with van der Waals surface area (Å²) in [4.78, 5) is 23.2. The van der Waals surface area contributed by atoms with E-state index < -0.39 is 11.9 Å². The summed E-state index contributed by atoms with van der Waals surface area (Å²) in [5.41, 5.74) is 0.862. The van der Waals surface area contributed by atoms with E-state index in [2.05, 4.69) is 5.32 Å². The average molecular weight is 293 g/mol. The lowest BCUT2D eigenvalue weighted by Crippen LogP contribution is -2.27. The van der Waals surface area contributed by atoms with Crippen LogP contribution in [0.3, 0.4) is 0 Å². The number of carbonyl (C=O) groups excluding carboxylic acids is 1. The molecule has 0 bridgehead atoms. The number of Topliss-reactive ketones (excluding diaryl/α,β-unsaturated/α-hetero) is 1. The van der Waals surface area contributed by atoms with Crippen LogP contribution < -0.4 is 5.32 Å². The highest BCUT2D eigenvalue weighted by Gasteiger charge is 2.31. The van der Waals surface area contributed by atoms with Crippen molar-refractivity contribution in [1.29, 1.82) is 0 Å². The Hall–Kier alpha value is -1.62. The van der Waals surface area contributed by atoms with Crippen LogP contribution in [0.15, 0.2) is 16.7 Å². The molecule has 1 aromatic rings. The van der Waals surface area contributed by atoms with Crippen molar-refractivity contribution in [3.63, 3.8) is 0 Å². The average Bonchev–Trinajstić information content (AvgIpc) is 3.06. The van der Waals surface area contributed by atoms with Gasteiger partial charge in [-0.25, -0.2) is 0 Å². The number of furan rings is 1. The summed E-state index contributed by atoms with van der Waals surface area (Å²) in [7, 11) is 0. The van der Waals surface area contributed by atoms with Gasteiger partial charge in [-0.1, -0.05) is 13.8 Å². The number of hydrogen-bond acceptors (Lipinski definition) is 4. The lowest BCUT2D eigenvalue weighted by molar-refractivity contribution is -0.143. The van der Waals surface area contributed by atoms with E-state index in [1.807, 2.05) is 19.9 Å². The SMILES string of the molecule is CC(C)C(=O)Cc1cc(C[C@H](C(=O)O)[C@H]2CCNC2)co1. The molecule has 0 aliphatic carbocycles. The molecule has 5 heteroatoms. The summed E-state index contributed by atoms with van der Waals surface area (Å²) in [6, 6.07) is 1.82. The van der Waals surface area contributed by atoms with Gasteiger partial charge in [-0.05, 0) is 43.5 Å². The molecule has 1 saturated heterocycles. The maximum absolute atomic E-state index is 11.7. The summed E-state index contributed by atoms with van der Waals surface area (Å²) in [6.07, 6.45) is 3.22. The highest BCUT2D eigenvalue weighted by Crippen LogP contribution is 2.24. The number of aliphatic carboxylic acids is 1. The molecule has 0 saturated carbocycles. The highest BCUT2D eigenvalue weighted by molar-refractivity contribution is 5.82. The van der Waals surface area contributed by atoms with Crippen LogP contribution in [0.1, 0.15) is 31.6 Å². The summed E-state index contributed by atoms with van der Waals surface area (Å²) in [5, 5.41) is 12.6. The van der Waals surface area contributed by atoms with E-state index >= 15 is 0 Å². The minimum atomic E-state index is -0.760. The molecule has 0 unspecified atom stereocenters. The van der Waals surface area contributed by atoms with Gasteiger partial charge in [0, 0.05) is 5.92 Å². The zero-order valence-electron chi connectivity index (χ0n) is 12.6. The van der Waals surface area contributed by atoms with E-state index in [0.717, 1.165) is 25.1 Å². The fourth-order valence-corrected chi connectivity index (χ4v) is 2.73. The first-order chi connectivity index (χ1) is 9.97. The van der Waals surface area contributed by atoms with E-state index in [1.165, 1.54) is 0 Å². The van der Waals surface area contributed by atoms with Crippen molar-refractivity contribution in [2.75, 3.05) is 13.1 Å². The minimum Gasteiger partial charge on any atom is -0.481 e. The van der Waals surface area contributed by atoms with Crippen molar-refractivity contribution in [2.45, 2.75) is 33.1 Å². The van der Waals surface area contributed by atoms with Crippen molar-refractivity contribution < 1.29 is 19.1 Å². The van der Waals surface area contributed by atoms with Crippen LogP contribution in [0.5, 0.6) is 0 Å². The van der Waals surface area contributed by atoms with Crippen molar-refractivity contribution >= 4 is 11.8 Å². The quantitative estimate of drug-likeness (QED) is 0.802. The van der Waals surface area contributed by atoms with E-state index in [0.29, 0.717) is 12.2 Å². The lowest BCUT2D eigenvalue weighted by Gasteiger charge is -2.17. The van der Waals surface area contributed by atoms with Gasteiger partial charge >= 0.3 is 5.97 Å². The Morgan fingerprint density at radius 1 is 1.48 bits per heavy atom. The molecular weight excluding hydrogens is 270 g/mol. The maximum Gasteiger partial charge on any atom is 0.307 e. The standard InChI is InChI=1S/C16H23NO4/c1-10(2)15(18)7-13-5-11(9-21-13)6-14(16(19)20)12-3-4-17-8-12/h5,9-10,12,14,17H,3-4,6-8H2,1-2H3,(H,19,20)/t12-,14-/m0/s1. The molecule has 1 aliphatic heterocycles. The van der Waals surface area contributed by atoms with Gasteiger partial charge in [-0.3, -0.25) is 9.59 Å². The number of rotatable bonds is 7. The first-order valence-electron chi connectivity index (χ1n) is 7.50. The second-order valence-electron chi connectivity index (χ2n) is 6.12. The van der Waals surface area contributed by atoms with Crippen LogP contribution in [0.25, 0.3) is 0 Å². The summed E-state index contributed by atoms with van der Waals surface area (Å²) < 4.78 is 5.40. The van der Waals surface area contributed by atoms with Gasteiger partial charge < -0.3 is 14.8 Å². The third kappa shape index (κ3) is 4.17. The summed E-state index contributed by atoms with van der Waals surface area (Å²) in [5.74, 6) is -0.257. The lowest BCUT2D eigenvalue weighted by atomic mass is 9.87. The third-order valence-electron chi connectivity index (χ3n) is 4.14. The first kappa shape index (κ1) is 15.8. The number of ketones is 1. The zero-order valence-corrected chi connectivity index (χ0v) is 12.6. The predicted octanol–water partition coefficient (Wildman–Crippen LogP) is 1.90. The summed E-state index contributed by atoms with van der Waals surface area (Å²) >= 11 is 0. The van der Waals surface area contributed by atoms with Gasteiger partial charge in [0.05, 0.1) is 18.6 Å². The van der Waals surface area contributed by atoms with Crippen molar-refractivity contribution in [3.05, 3.63) is 23.7 Å². The minimum absolute atomic E-state index is 0.0186. The fourth-order valence-electron chi connectivity index (χ4n) is 2.73. The Bertz CT molecular complexity index is 500. The van der Waals surface area contributed by atoms with Crippen LogP contribution in [0.4, 0.5) is 0 Å². The van der Waals surface area contributed by atoms with Crippen LogP contribution in [-0.2, 0) is 22.4 Å². The Balaban J connectivity index is 1.99. The van der Waals surface area contributed by atoms with Crippen molar-refractivity contribution in [3.8, 4) is 0 Å². The number of carboxylic acid groups (broad SMARTS) is 1. The van der Waals surface area contributed by atoms with Crippen molar-refractivity contribution in [2.24, 2.45) is 17.8 Å². The normalized spacial score (nSPS) is 19.9. The zero-order chi connectivity index (χ0) is 15.4. The maximum atomic E-state index is 11.7. The Morgan fingerprint density at radius 2 is 2.24 bits per heavy atom. The third-order valence-corrected chi connectivity index (χ3v) is 4.14. The Labute approximate surface area is 124 Å². The monoisotopic (exact) mass is 293 g/mol. The molecule has 0 spiro atoms. The molecule has 1 aromatic heterocycles. The molecule has 1 fully saturated rings. The molecule has 116 valence electrons. The largest absolute Gasteiger partial charge is 0.481 e. The molecule has 2 heterocycles. The molecule has 2 atom stereocenters. The predicted molar refractivity (Wildman–Crippen MR) is 78.1 cm³/mol. The smallest absolute Gasteiger partial charge is 0.307 e.